The van der Waals surface area contributed by atoms with E-state index in [0.29, 0.717) is 5.22 Å². The van der Waals surface area contributed by atoms with Gasteiger partial charge in [-0.15, -0.1) is 0 Å². The summed E-state index contributed by atoms with van der Waals surface area (Å²) in [6, 6.07) is 3.66. The summed E-state index contributed by atoms with van der Waals surface area (Å²) in [5, 5.41) is 1.35. The van der Waals surface area contributed by atoms with Crippen molar-refractivity contribution < 1.29 is 9.15 Å². The summed E-state index contributed by atoms with van der Waals surface area (Å²) >= 11 is 10.7. The highest BCUT2D eigenvalue weighted by Crippen LogP contribution is 2.18. The van der Waals surface area contributed by atoms with Crippen LogP contribution in [0.15, 0.2) is 16.5 Å². The summed E-state index contributed by atoms with van der Waals surface area (Å²) in [5.74, 6) is 2.75. The van der Waals surface area contributed by atoms with Gasteiger partial charge in [0.2, 0.25) is 0 Å². The molecule has 0 radical (unpaired) electrons. The van der Waals surface area contributed by atoms with Gasteiger partial charge < -0.3 is 9.15 Å². The van der Waals surface area contributed by atoms with E-state index in [4.69, 9.17) is 20.8 Å². The lowest BCUT2D eigenvalue weighted by atomic mass is 10.5. The van der Waals surface area contributed by atoms with Crippen LogP contribution in [0, 0.1) is 0 Å². The molecule has 1 heterocycles. The molecule has 80 valence electrons. The maximum atomic E-state index is 5.64. The second kappa shape index (κ2) is 7.63. The number of furan rings is 1. The molecule has 2 nitrogen and oxygen atoms in total. The summed E-state index contributed by atoms with van der Waals surface area (Å²) in [6.45, 7) is 1.55. The first-order chi connectivity index (χ1) is 6.83. The van der Waals surface area contributed by atoms with Crippen molar-refractivity contribution in [1.29, 1.82) is 0 Å². The Morgan fingerprint density at radius 2 is 2.29 bits per heavy atom. The van der Waals surface area contributed by atoms with E-state index < -0.39 is 0 Å². The molecule has 0 amide bonds. The molecule has 0 aliphatic carbocycles. The number of ether oxygens (including phenoxy) is 1. The van der Waals surface area contributed by atoms with Gasteiger partial charge in [-0.2, -0.15) is 11.8 Å². The minimum Gasteiger partial charge on any atom is -0.449 e. The third-order valence-electron chi connectivity index (χ3n) is 1.47. The first-order valence-electron chi connectivity index (χ1n) is 4.28. The van der Waals surface area contributed by atoms with Crippen molar-refractivity contribution in [3.63, 3.8) is 0 Å². The average Bonchev–Trinajstić information content (AvgIpc) is 2.58. The fourth-order valence-corrected chi connectivity index (χ4v) is 2.00. The van der Waals surface area contributed by atoms with Crippen LogP contribution in [0.5, 0.6) is 0 Å². The second-order valence-electron chi connectivity index (χ2n) is 2.56. The van der Waals surface area contributed by atoms with Crippen LogP contribution < -0.4 is 0 Å². The van der Waals surface area contributed by atoms with Gasteiger partial charge in [0, 0.05) is 11.1 Å². The van der Waals surface area contributed by atoms with Crippen LogP contribution in [0.25, 0.3) is 0 Å². The predicted octanol–water partition coefficient (Wildman–Crippen LogP) is 3.58. The van der Waals surface area contributed by atoms with Gasteiger partial charge in [-0.3, -0.25) is 0 Å². The highest BCUT2D eigenvalue weighted by atomic mass is 79.9. The molecule has 0 aliphatic heterocycles. The van der Waals surface area contributed by atoms with Crippen molar-refractivity contribution in [2.45, 2.75) is 5.75 Å². The minimum atomic E-state index is 0.455. The third-order valence-corrected chi connectivity index (χ3v) is 2.94. The summed E-state index contributed by atoms with van der Waals surface area (Å²) in [6.07, 6.45) is 0. The fraction of sp³-hybridized carbons (Fsp3) is 0.556. The highest BCUT2D eigenvalue weighted by molar-refractivity contribution is 9.09. The molecular formula is C9H12BrClO2S. The van der Waals surface area contributed by atoms with E-state index in [0.717, 1.165) is 35.8 Å². The average molecular weight is 300 g/mol. The normalized spacial score (nSPS) is 10.7. The van der Waals surface area contributed by atoms with Gasteiger partial charge in [0.05, 0.1) is 19.0 Å². The summed E-state index contributed by atoms with van der Waals surface area (Å²) in [4.78, 5) is 0. The molecular weight excluding hydrogens is 288 g/mol. The SMILES string of the molecule is Clc1ccc(CSCCOCCBr)o1. The van der Waals surface area contributed by atoms with Crippen LogP contribution >= 0.6 is 39.3 Å². The van der Waals surface area contributed by atoms with E-state index >= 15 is 0 Å². The Morgan fingerprint density at radius 1 is 1.43 bits per heavy atom. The molecule has 5 heteroatoms. The van der Waals surface area contributed by atoms with Crippen molar-refractivity contribution in [2.24, 2.45) is 0 Å². The molecule has 1 aromatic rings. The number of hydrogen-bond acceptors (Lipinski definition) is 3. The van der Waals surface area contributed by atoms with Gasteiger partial charge in [0.15, 0.2) is 5.22 Å². The predicted molar refractivity (Wildman–Crippen MR) is 64.5 cm³/mol. The molecule has 0 spiro atoms. The number of hydrogen-bond donors (Lipinski definition) is 0. The lowest BCUT2D eigenvalue weighted by Crippen LogP contribution is -1.99. The van der Waals surface area contributed by atoms with Gasteiger partial charge >= 0.3 is 0 Å². The highest BCUT2D eigenvalue weighted by Gasteiger charge is 1.99. The van der Waals surface area contributed by atoms with Crippen LogP contribution in [0.4, 0.5) is 0 Å². The fourth-order valence-electron chi connectivity index (χ4n) is 0.877. The van der Waals surface area contributed by atoms with Crippen LogP contribution in [0.2, 0.25) is 5.22 Å². The molecule has 0 unspecified atom stereocenters. The first-order valence-corrected chi connectivity index (χ1v) is 6.94. The molecule has 1 aromatic heterocycles. The quantitative estimate of drug-likeness (QED) is 0.567. The van der Waals surface area contributed by atoms with Crippen molar-refractivity contribution in [1.82, 2.24) is 0 Å². The van der Waals surface area contributed by atoms with Crippen LogP contribution in [0.1, 0.15) is 5.76 Å². The zero-order valence-corrected chi connectivity index (χ0v) is 10.8. The van der Waals surface area contributed by atoms with E-state index in [1.165, 1.54) is 0 Å². The Morgan fingerprint density at radius 3 is 2.93 bits per heavy atom. The third kappa shape index (κ3) is 5.29. The minimum absolute atomic E-state index is 0.455. The number of alkyl halides is 1. The lowest BCUT2D eigenvalue weighted by molar-refractivity contribution is 0.168. The molecule has 0 bridgehead atoms. The molecule has 0 saturated heterocycles. The number of halogens is 2. The maximum absolute atomic E-state index is 5.64. The van der Waals surface area contributed by atoms with Crippen molar-refractivity contribution in [2.75, 3.05) is 24.3 Å². The molecule has 1 rings (SSSR count). The van der Waals surface area contributed by atoms with Gasteiger partial charge in [0.1, 0.15) is 5.76 Å². The summed E-state index contributed by atoms with van der Waals surface area (Å²) < 4.78 is 10.5. The van der Waals surface area contributed by atoms with Gasteiger partial charge in [-0.05, 0) is 23.7 Å². The molecule has 0 saturated carbocycles. The summed E-state index contributed by atoms with van der Waals surface area (Å²) in [7, 11) is 0. The van der Waals surface area contributed by atoms with Gasteiger partial charge in [-0.1, -0.05) is 15.9 Å². The van der Waals surface area contributed by atoms with Crippen LogP contribution in [0.3, 0.4) is 0 Å². The standard InChI is InChI=1S/C9H12BrClO2S/c10-3-4-12-5-6-14-7-8-1-2-9(11)13-8/h1-2H,3-7H2. The van der Waals surface area contributed by atoms with Crippen LogP contribution in [-0.2, 0) is 10.5 Å². The van der Waals surface area contributed by atoms with Crippen molar-refractivity contribution in [3.8, 4) is 0 Å². The van der Waals surface area contributed by atoms with E-state index in [2.05, 4.69) is 15.9 Å². The van der Waals surface area contributed by atoms with E-state index in [9.17, 15) is 0 Å². The molecule has 0 aromatic carbocycles. The van der Waals surface area contributed by atoms with Crippen molar-refractivity contribution in [3.05, 3.63) is 23.1 Å². The monoisotopic (exact) mass is 298 g/mol. The molecule has 0 N–H and O–H groups in total. The molecule has 0 fully saturated rings. The Balaban J connectivity index is 1.99. The molecule has 0 aliphatic rings. The number of rotatable bonds is 7. The summed E-state index contributed by atoms with van der Waals surface area (Å²) in [5.41, 5.74) is 0. The van der Waals surface area contributed by atoms with E-state index in [1.807, 2.05) is 6.07 Å². The lowest BCUT2D eigenvalue weighted by Gasteiger charge is -2.00. The maximum Gasteiger partial charge on any atom is 0.193 e. The number of thioether (sulfide) groups is 1. The topological polar surface area (TPSA) is 22.4 Å². The Kier molecular flexibility index (Phi) is 6.77. The zero-order valence-electron chi connectivity index (χ0n) is 7.67. The largest absolute Gasteiger partial charge is 0.449 e. The smallest absolute Gasteiger partial charge is 0.193 e. The van der Waals surface area contributed by atoms with E-state index in [1.54, 1.807) is 17.8 Å². The Bertz CT molecular complexity index is 255. The first kappa shape index (κ1) is 12.4. The second-order valence-corrected chi connectivity index (χ2v) is 4.83. The van der Waals surface area contributed by atoms with E-state index in [-0.39, 0.29) is 0 Å². The van der Waals surface area contributed by atoms with Gasteiger partial charge in [0.25, 0.3) is 0 Å². The molecule has 14 heavy (non-hydrogen) atoms. The Labute approximate surface area is 101 Å². The Hall–Kier alpha value is 0.360. The van der Waals surface area contributed by atoms with Crippen molar-refractivity contribution >= 4 is 39.3 Å². The van der Waals surface area contributed by atoms with Crippen LogP contribution in [-0.4, -0.2) is 24.3 Å². The zero-order chi connectivity index (χ0) is 10.2. The van der Waals surface area contributed by atoms with Gasteiger partial charge in [-0.25, -0.2) is 0 Å². The molecule has 0 atom stereocenters.